The maximum absolute atomic E-state index is 6.05. The Labute approximate surface area is 130 Å². The van der Waals surface area contributed by atoms with Gasteiger partial charge in [-0.3, -0.25) is 0 Å². The van der Waals surface area contributed by atoms with E-state index in [4.69, 9.17) is 21.1 Å². The summed E-state index contributed by atoms with van der Waals surface area (Å²) in [5.74, 6) is 1.71. The molecule has 0 unspecified atom stereocenters. The minimum absolute atomic E-state index is 0.623. The van der Waals surface area contributed by atoms with Gasteiger partial charge in [0.2, 0.25) is 0 Å². The predicted octanol–water partition coefficient (Wildman–Crippen LogP) is 4.67. The van der Waals surface area contributed by atoms with Crippen molar-refractivity contribution in [1.82, 2.24) is 0 Å². The van der Waals surface area contributed by atoms with E-state index < -0.39 is 0 Å². The van der Waals surface area contributed by atoms with Crippen LogP contribution in [-0.4, -0.2) is 13.7 Å². The van der Waals surface area contributed by atoms with Gasteiger partial charge in [0, 0.05) is 11.6 Å². The van der Waals surface area contributed by atoms with Crippen LogP contribution in [0.4, 0.5) is 5.69 Å². The quantitative estimate of drug-likeness (QED) is 0.841. The predicted molar refractivity (Wildman–Crippen MR) is 87.7 cm³/mol. The van der Waals surface area contributed by atoms with E-state index in [0.29, 0.717) is 18.2 Å². The molecule has 0 atom stereocenters. The second-order valence-corrected chi connectivity index (χ2v) is 5.17. The normalized spacial score (nSPS) is 10.3. The maximum Gasteiger partial charge on any atom is 0.142 e. The Bertz CT molecular complexity index is 614. The SMILES string of the molecule is CCOc1ccc(Cl)cc1NCc1ccc(OC)c(C)c1. The van der Waals surface area contributed by atoms with E-state index in [2.05, 4.69) is 11.4 Å². The van der Waals surface area contributed by atoms with Gasteiger partial charge in [-0.2, -0.15) is 0 Å². The number of nitrogens with one attached hydrogen (secondary N) is 1. The molecule has 2 aromatic rings. The fraction of sp³-hybridized carbons (Fsp3) is 0.294. The fourth-order valence-electron chi connectivity index (χ4n) is 2.17. The lowest BCUT2D eigenvalue weighted by molar-refractivity contribution is 0.341. The van der Waals surface area contributed by atoms with Crippen LogP contribution < -0.4 is 14.8 Å². The van der Waals surface area contributed by atoms with Crippen LogP contribution >= 0.6 is 11.6 Å². The number of methoxy groups -OCH3 is 1. The molecule has 0 saturated heterocycles. The van der Waals surface area contributed by atoms with Gasteiger partial charge in [-0.15, -0.1) is 0 Å². The van der Waals surface area contributed by atoms with Gasteiger partial charge in [0.05, 0.1) is 19.4 Å². The molecule has 2 rings (SSSR count). The third-order valence-corrected chi connectivity index (χ3v) is 3.42. The summed E-state index contributed by atoms with van der Waals surface area (Å²) < 4.78 is 10.9. The van der Waals surface area contributed by atoms with E-state index in [1.54, 1.807) is 7.11 Å². The molecule has 3 nitrogen and oxygen atoms in total. The zero-order chi connectivity index (χ0) is 15.2. The lowest BCUT2D eigenvalue weighted by Gasteiger charge is -2.13. The topological polar surface area (TPSA) is 30.5 Å². The molecule has 0 heterocycles. The van der Waals surface area contributed by atoms with Gasteiger partial charge in [-0.05, 0) is 49.2 Å². The molecule has 0 spiro atoms. The maximum atomic E-state index is 6.05. The Morgan fingerprint density at radius 3 is 2.52 bits per heavy atom. The largest absolute Gasteiger partial charge is 0.496 e. The summed E-state index contributed by atoms with van der Waals surface area (Å²) in [6, 6.07) is 11.7. The van der Waals surface area contributed by atoms with E-state index in [1.807, 2.05) is 44.2 Å². The number of ether oxygens (including phenoxy) is 2. The second-order valence-electron chi connectivity index (χ2n) is 4.73. The highest BCUT2D eigenvalue weighted by molar-refractivity contribution is 6.30. The molecule has 112 valence electrons. The van der Waals surface area contributed by atoms with Crippen LogP contribution in [0.2, 0.25) is 5.02 Å². The van der Waals surface area contributed by atoms with Crippen molar-refractivity contribution in [2.75, 3.05) is 19.0 Å². The first kappa shape index (κ1) is 15.5. The highest BCUT2D eigenvalue weighted by atomic mass is 35.5. The summed E-state index contributed by atoms with van der Waals surface area (Å²) >= 11 is 6.05. The second kappa shape index (κ2) is 7.23. The van der Waals surface area contributed by atoms with Gasteiger partial charge in [-0.25, -0.2) is 0 Å². The molecule has 0 aromatic heterocycles. The Balaban J connectivity index is 2.12. The number of aryl methyl sites for hydroxylation is 1. The molecular weight excluding hydrogens is 286 g/mol. The van der Waals surface area contributed by atoms with Crippen LogP contribution in [0.1, 0.15) is 18.1 Å². The third kappa shape index (κ3) is 4.05. The summed E-state index contributed by atoms with van der Waals surface area (Å²) in [7, 11) is 1.68. The summed E-state index contributed by atoms with van der Waals surface area (Å²) in [6.45, 7) is 5.32. The highest BCUT2D eigenvalue weighted by Gasteiger charge is 2.05. The van der Waals surface area contributed by atoms with Gasteiger partial charge in [0.25, 0.3) is 0 Å². The zero-order valence-corrected chi connectivity index (χ0v) is 13.3. The molecule has 0 amide bonds. The van der Waals surface area contributed by atoms with Crippen molar-refractivity contribution in [2.45, 2.75) is 20.4 Å². The third-order valence-electron chi connectivity index (χ3n) is 3.18. The molecule has 0 fully saturated rings. The van der Waals surface area contributed by atoms with E-state index in [9.17, 15) is 0 Å². The number of halogens is 1. The average Bonchev–Trinajstić information content (AvgIpc) is 2.48. The van der Waals surface area contributed by atoms with E-state index in [0.717, 1.165) is 22.7 Å². The van der Waals surface area contributed by atoms with Gasteiger partial charge < -0.3 is 14.8 Å². The van der Waals surface area contributed by atoms with Gasteiger partial charge in [0.15, 0.2) is 0 Å². The summed E-state index contributed by atoms with van der Waals surface area (Å²) in [5, 5.41) is 4.06. The minimum atomic E-state index is 0.623. The highest BCUT2D eigenvalue weighted by Crippen LogP contribution is 2.29. The number of hydrogen-bond donors (Lipinski definition) is 1. The Kier molecular flexibility index (Phi) is 5.34. The molecule has 0 aliphatic heterocycles. The monoisotopic (exact) mass is 305 g/mol. The van der Waals surface area contributed by atoms with Crippen LogP contribution in [-0.2, 0) is 6.54 Å². The van der Waals surface area contributed by atoms with Crippen LogP contribution in [0.25, 0.3) is 0 Å². The molecule has 2 aromatic carbocycles. The van der Waals surface area contributed by atoms with Gasteiger partial charge in [-0.1, -0.05) is 23.7 Å². The summed E-state index contributed by atoms with van der Waals surface area (Å²) in [6.07, 6.45) is 0. The molecule has 1 N–H and O–H groups in total. The molecular formula is C17H20ClNO2. The van der Waals surface area contributed by atoms with Crippen molar-refractivity contribution < 1.29 is 9.47 Å². The number of anilines is 1. The first-order valence-electron chi connectivity index (χ1n) is 6.93. The lowest BCUT2D eigenvalue weighted by Crippen LogP contribution is -2.03. The zero-order valence-electron chi connectivity index (χ0n) is 12.6. The smallest absolute Gasteiger partial charge is 0.142 e. The summed E-state index contributed by atoms with van der Waals surface area (Å²) in [4.78, 5) is 0. The molecule has 0 aliphatic rings. The van der Waals surface area contributed by atoms with E-state index in [1.165, 1.54) is 5.56 Å². The van der Waals surface area contributed by atoms with Crippen molar-refractivity contribution in [2.24, 2.45) is 0 Å². The Morgan fingerprint density at radius 2 is 1.86 bits per heavy atom. The van der Waals surface area contributed by atoms with Crippen molar-refractivity contribution in [3.05, 3.63) is 52.5 Å². The lowest BCUT2D eigenvalue weighted by atomic mass is 10.1. The van der Waals surface area contributed by atoms with Crippen LogP contribution in [0, 0.1) is 6.92 Å². The van der Waals surface area contributed by atoms with Crippen LogP contribution in [0.5, 0.6) is 11.5 Å². The van der Waals surface area contributed by atoms with Crippen molar-refractivity contribution in [1.29, 1.82) is 0 Å². The molecule has 0 aliphatic carbocycles. The summed E-state index contributed by atoms with van der Waals surface area (Å²) in [5.41, 5.74) is 3.20. The van der Waals surface area contributed by atoms with E-state index >= 15 is 0 Å². The van der Waals surface area contributed by atoms with Crippen molar-refractivity contribution in [3.8, 4) is 11.5 Å². The standard InChI is InChI=1S/C17H20ClNO2/c1-4-21-17-8-6-14(18)10-15(17)19-11-13-5-7-16(20-3)12(2)9-13/h5-10,19H,4,11H2,1-3H3. The van der Waals surface area contributed by atoms with Crippen LogP contribution in [0.3, 0.4) is 0 Å². The molecule has 0 saturated carbocycles. The molecule has 4 heteroatoms. The number of benzene rings is 2. The first-order chi connectivity index (χ1) is 10.1. The minimum Gasteiger partial charge on any atom is -0.496 e. The van der Waals surface area contributed by atoms with Gasteiger partial charge in [0.1, 0.15) is 11.5 Å². The molecule has 21 heavy (non-hydrogen) atoms. The fourth-order valence-corrected chi connectivity index (χ4v) is 2.34. The average molecular weight is 306 g/mol. The van der Waals surface area contributed by atoms with Crippen molar-refractivity contribution in [3.63, 3.8) is 0 Å². The number of rotatable bonds is 6. The van der Waals surface area contributed by atoms with Crippen molar-refractivity contribution >= 4 is 17.3 Å². The molecule has 0 bridgehead atoms. The Hall–Kier alpha value is -1.87. The first-order valence-corrected chi connectivity index (χ1v) is 7.31. The van der Waals surface area contributed by atoms with Crippen LogP contribution in [0.15, 0.2) is 36.4 Å². The van der Waals surface area contributed by atoms with Gasteiger partial charge >= 0.3 is 0 Å². The number of hydrogen-bond acceptors (Lipinski definition) is 3. The molecule has 0 radical (unpaired) electrons. The Morgan fingerprint density at radius 1 is 1.10 bits per heavy atom. The van der Waals surface area contributed by atoms with E-state index in [-0.39, 0.29) is 0 Å².